The summed E-state index contributed by atoms with van der Waals surface area (Å²) in [4.78, 5) is 46.6. The summed E-state index contributed by atoms with van der Waals surface area (Å²) in [7, 11) is 1.43. The van der Waals surface area contributed by atoms with Gasteiger partial charge in [0.15, 0.2) is 0 Å². The number of fused-ring (bicyclic) bond motifs is 1. The second kappa shape index (κ2) is 9.73. The summed E-state index contributed by atoms with van der Waals surface area (Å²) in [5, 5.41) is 16.0. The molecule has 3 aromatic heterocycles. The average molecular weight is 524 g/mol. The van der Waals surface area contributed by atoms with Crippen LogP contribution in [0.2, 0.25) is 0 Å². The Kier molecular flexibility index (Phi) is 6.61. The number of amides is 1. The van der Waals surface area contributed by atoms with Gasteiger partial charge in [-0.2, -0.15) is 5.10 Å². The van der Waals surface area contributed by atoms with Gasteiger partial charge in [-0.25, -0.2) is 14.5 Å². The standard InChI is InChI=1S/C26H29N5O5S/c1-5-11-29-25-22(23(33)28(4)26(29)35)21(24(34)30-13-18(32)14-36-30)20(37-25)12-19-15(2)27-31(16(19)3)17-9-7-6-8-10-17/h6-10,18,32H,5,11-14H2,1-4H3/t18-/m0/s1. The Morgan fingerprint density at radius 2 is 1.95 bits per heavy atom. The number of aliphatic hydroxyl groups is 1. The van der Waals surface area contributed by atoms with E-state index in [9.17, 15) is 19.5 Å². The molecule has 1 atom stereocenters. The van der Waals surface area contributed by atoms with Crippen LogP contribution in [0, 0.1) is 13.8 Å². The van der Waals surface area contributed by atoms with Gasteiger partial charge in [-0.05, 0) is 32.4 Å². The van der Waals surface area contributed by atoms with E-state index in [1.165, 1.54) is 18.4 Å². The van der Waals surface area contributed by atoms with Crippen molar-refractivity contribution in [2.24, 2.45) is 7.05 Å². The number of hydrogen-bond donors (Lipinski definition) is 1. The number of β-amino-alcohol motifs (C(OH)–C–C–N with tert-alkyl or cyclic N) is 1. The minimum absolute atomic E-state index is 0.00373. The molecule has 1 aromatic carbocycles. The molecule has 1 aliphatic rings. The van der Waals surface area contributed by atoms with Gasteiger partial charge in [-0.15, -0.1) is 11.3 Å². The van der Waals surface area contributed by atoms with Crippen molar-refractivity contribution in [1.29, 1.82) is 0 Å². The van der Waals surface area contributed by atoms with Gasteiger partial charge in [0, 0.05) is 36.1 Å². The molecule has 0 spiro atoms. The summed E-state index contributed by atoms with van der Waals surface area (Å²) < 4.78 is 4.48. The number of benzene rings is 1. The van der Waals surface area contributed by atoms with Crippen LogP contribution < -0.4 is 11.2 Å². The minimum atomic E-state index is -0.799. The molecular formula is C26H29N5O5S. The quantitative estimate of drug-likeness (QED) is 0.415. The largest absolute Gasteiger partial charge is 0.389 e. The first-order chi connectivity index (χ1) is 17.7. The zero-order chi connectivity index (χ0) is 26.4. The van der Waals surface area contributed by atoms with Crippen molar-refractivity contribution in [3.63, 3.8) is 0 Å². The van der Waals surface area contributed by atoms with Gasteiger partial charge in [-0.1, -0.05) is 25.1 Å². The van der Waals surface area contributed by atoms with Crippen LogP contribution in [-0.2, 0) is 24.9 Å². The highest BCUT2D eigenvalue weighted by molar-refractivity contribution is 7.19. The fourth-order valence-corrected chi connectivity index (χ4v) is 6.11. The van der Waals surface area contributed by atoms with E-state index < -0.39 is 23.3 Å². The monoisotopic (exact) mass is 523 g/mol. The molecule has 37 heavy (non-hydrogen) atoms. The van der Waals surface area contributed by atoms with Crippen LogP contribution in [0.4, 0.5) is 0 Å². The second-order valence-corrected chi connectivity index (χ2v) is 10.4. The Hall–Kier alpha value is -3.54. The molecule has 1 aliphatic heterocycles. The van der Waals surface area contributed by atoms with Crippen molar-refractivity contribution in [3.8, 4) is 5.69 Å². The van der Waals surface area contributed by atoms with Gasteiger partial charge in [0.25, 0.3) is 11.5 Å². The summed E-state index contributed by atoms with van der Waals surface area (Å²) in [6, 6.07) is 9.78. The molecule has 194 valence electrons. The van der Waals surface area contributed by atoms with Crippen LogP contribution in [0.1, 0.15) is 45.5 Å². The van der Waals surface area contributed by atoms with Crippen LogP contribution in [0.3, 0.4) is 0 Å². The molecule has 10 nitrogen and oxygen atoms in total. The van der Waals surface area contributed by atoms with E-state index >= 15 is 0 Å². The fourth-order valence-electron chi connectivity index (χ4n) is 4.80. The number of para-hydroxylation sites is 1. The van der Waals surface area contributed by atoms with Crippen molar-refractivity contribution in [2.45, 2.75) is 46.3 Å². The van der Waals surface area contributed by atoms with Gasteiger partial charge >= 0.3 is 5.69 Å². The van der Waals surface area contributed by atoms with E-state index in [4.69, 9.17) is 9.94 Å². The lowest BCUT2D eigenvalue weighted by Crippen LogP contribution is -2.38. The third-order valence-electron chi connectivity index (χ3n) is 6.71. The normalized spacial score (nSPS) is 15.7. The van der Waals surface area contributed by atoms with E-state index in [-0.39, 0.29) is 24.1 Å². The zero-order valence-corrected chi connectivity index (χ0v) is 22.0. The Morgan fingerprint density at radius 1 is 1.22 bits per heavy atom. The van der Waals surface area contributed by atoms with Gasteiger partial charge in [0.1, 0.15) is 17.5 Å². The number of hydrogen-bond acceptors (Lipinski definition) is 7. The molecule has 0 unspecified atom stereocenters. The number of carbonyl (C=O) groups excluding carboxylic acids is 1. The molecule has 11 heteroatoms. The van der Waals surface area contributed by atoms with Crippen molar-refractivity contribution in [1.82, 2.24) is 24.0 Å². The maximum absolute atomic E-state index is 13.7. The summed E-state index contributed by atoms with van der Waals surface area (Å²) in [5.74, 6) is -0.498. The van der Waals surface area contributed by atoms with Crippen molar-refractivity contribution in [2.75, 3.05) is 13.2 Å². The van der Waals surface area contributed by atoms with E-state index in [2.05, 4.69) is 0 Å². The number of thiophene rings is 1. The highest BCUT2D eigenvalue weighted by Crippen LogP contribution is 2.34. The minimum Gasteiger partial charge on any atom is -0.389 e. The van der Waals surface area contributed by atoms with Gasteiger partial charge in [-0.3, -0.25) is 23.6 Å². The lowest BCUT2D eigenvalue weighted by Gasteiger charge is -2.15. The van der Waals surface area contributed by atoms with E-state index in [1.54, 1.807) is 4.57 Å². The highest BCUT2D eigenvalue weighted by Gasteiger charge is 2.33. The Bertz CT molecular complexity index is 1610. The lowest BCUT2D eigenvalue weighted by atomic mass is 10.0. The molecule has 4 heterocycles. The molecule has 4 aromatic rings. The molecular weight excluding hydrogens is 494 g/mol. The van der Waals surface area contributed by atoms with Gasteiger partial charge in [0.05, 0.1) is 28.9 Å². The summed E-state index contributed by atoms with van der Waals surface area (Å²) in [6.07, 6.45) is 0.241. The summed E-state index contributed by atoms with van der Waals surface area (Å²) >= 11 is 1.28. The lowest BCUT2D eigenvalue weighted by molar-refractivity contribution is -0.0778. The number of aryl methyl sites for hydroxylation is 2. The van der Waals surface area contributed by atoms with Crippen LogP contribution in [-0.4, -0.2) is 54.2 Å². The molecule has 0 saturated carbocycles. The summed E-state index contributed by atoms with van der Waals surface area (Å²) in [6.45, 7) is 6.28. The van der Waals surface area contributed by atoms with Crippen LogP contribution in [0.25, 0.3) is 15.9 Å². The number of aromatic nitrogens is 4. The number of carbonyl (C=O) groups is 1. The van der Waals surface area contributed by atoms with E-state index in [1.807, 2.05) is 55.8 Å². The maximum atomic E-state index is 13.7. The molecule has 0 radical (unpaired) electrons. The van der Waals surface area contributed by atoms with E-state index in [0.717, 1.165) is 32.3 Å². The average Bonchev–Trinajstić information content (AvgIpc) is 3.57. The van der Waals surface area contributed by atoms with Crippen molar-refractivity contribution < 1.29 is 14.7 Å². The highest BCUT2D eigenvalue weighted by atomic mass is 32.1. The molecule has 1 saturated heterocycles. The first-order valence-corrected chi connectivity index (χ1v) is 13.0. The number of rotatable bonds is 6. The van der Waals surface area contributed by atoms with Crippen LogP contribution in [0.5, 0.6) is 0 Å². The van der Waals surface area contributed by atoms with Crippen LogP contribution in [0.15, 0.2) is 39.9 Å². The first kappa shape index (κ1) is 25.1. The smallest absolute Gasteiger partial charge is 0.331 e. The third-order valence-corrected chi connectivity index (χ3v) is 7.92. The number of nitrogens with zero attached hydrogens (tertiary/aromatic N) is 5. The predicted molar refractivity (Wildman–Crippen MR) is 140 cm³/mol. The van der Waals surface area contributed by atoms with Gasteiger partial charge in [0.2, 0.25) is 0 Å². The first-order valence-electron chi connectivity index (χ1n) is 12.2. The Labute approximate surface area is 216 Å². The Balaban J connectivity index is 1.72. The van der Waals surface area contributed by atoms with Crippen LogP contribution >= 0.6 is 11.3 Å². The predicted octanol–water partition coefficient (Wildman–Crippen LogP) is 2.31. The maximum Gasteiger partial charge on any atom is 0.331 e. The molecule has 1 N–H and O–H groups in total. The number of hydroxylamine groups is 2. The molecule has 1 fully saturated rings. The summed E-state index contributed by atoms with van der Waals surface area (Å²) in [5.41, 5.74) is 2.87. The second-order valence-electron chi connectivity index (χ2n) is 9.27. The van der Waals surface area contributed by atoms with E-state index in [0.29, 0.717) is 29.1 Å². The van der Waals surface area contributed by atoms with Crippen molar-refractivity contribution in [3.05, 3.63) is 78.6 Å². The third kappa shape index (κ3) is 4.22. The fraction of sp³-hybridized carbons (Fsp3) is 0.385. The number of aliphatic hydroxyl groups excluding tert-OH is 1. The van der Waals surface area contributed by atoms with Crippen molar-refractivity contribution >= 4 is 27.5 Å². The zero-order valence-electron chi connectivity index (χ0n) is 21.2. The molecule has 0 bridgehead atoms. The molecule has 1 amide bonds. The molecule has 5 rings (SSSR count). The van der Waals surface area contributed by atoms with Gasteiger partial charge < -0.3 is 5.11 Å². The molecule has 0 aliphatic carbocycles. The Morgan fingerprint density at radius 3 is 2.59 bits per heavy atom. The SMILES string of the molecule is CCCn1c(=O)n(C)c(=O)c2c(C(=O)N3C[C@H](O)CO3)c(Cc3c(C)nn(-c4ccccc4)c3C)sc21. The topological polar surface area (TPSA) is 112 Å².